The molecule has 0 amide bonds. The van der Waals surface area contributed by atoms with Gasteiger partial charge in [-0.25, -0.2) is 0 Å². The fourth-order valence-corrected chi connectivity index (χ4v) is 2.37. The van der Waals surface area contributed by atoms with Gasteiger partial charge >= 0.3 is 0 Å². The van der Waals surface area contributed by atoms with Gasteiger partial charge in [-0.3, -0.25) is 4.90 Å². The van der Waals surface area contributed by atoms with Crippen LogP contribution in [0.2, 0.25) is 0 Å². The van der Waals surface area contributed by atoms with Crippen molar-refractivity contribution >= 4 is 0 Å². The summed E-state index contributed by atoms with van der Waals surface area (Å²) in [5.41, 5.74) is 0. The Morgan fingerprint density at radius 1 is 1.29 bits per heavy atom. The Kier molecular flexibility index (Phi) is 6.79. The number of likely N-dealkylation sites (N-methyl/N-ethyl adjacent to an activating group) is 1. The van der Waals surface area contributed by atoms with Gasteiger partial charge in [0, 0.05) is 26.2 Å². The molecule has 1 atom stereocenters. The molecule has 0 saturated carbocycles. The van der Waals surface area contributed by atoms with Gasteiger partial charge in [-0.05, 0) is 30.8 Å². The zero-order valence-electron chi connectivity index (χ0n) is 13.0. The molecular formula is C16H26N2O3. The number of rotatable bonds is 8. The maximum absolute atomic E-state index is 5.74. The smallest absolute Gasteiger partial charge is 0.119 e. The zero-order valence-corrected chi connectivity index (χ0v) is 13.0. The van der Waals surface area contributed by atoms with E-state index in [-0.39, 0.29) is 0 Å². The molecule has 0 aromatic heterocycles. The second kappa shape index (κ2) is 8.87. The van der Waals surface area contributed by atoms with Crippen LogP contribution in [0.4, 0.5) is 0 Å². The Bertz CT molecular complexity index is 397. The van der Waals surface area contributed by atoms with E-state index in [1.54, 1.807) is 7.11 Å². The lowest BCUT2D eigenvalue weighted by molar-refractivity contribution is -0.0253. The van der Waals surface area contributed by atoms with Crippen molar-refractivity contribution in [1.82, 2.24) is 10.2 Å². The lowest BCUT2D eigenvalue weighted by Gasteiger charge is -2.32. The minimum atomic E-state index is 0.291. The normalized spacial score (nSPS) is 19.4. The first-order valence-electron chi connectivity index (χ1n) is 7.63. The average molecular weight is 294 g/mol. The Hall–Kier alpha value is -1.30. The molecule has 1 unspecified atom stereocenters. The Morgan fingerprint density at radius 2 is 2.05 bits per heavy atom. The molecule has 21 heavy (non-hydrogen) atoms. The van der Waals surface area contributed by atoms with E-state index in [4.69, 9.17) is 14.2 Å². The second-order valence-electron chi connectivity index (χ2n) is 5.11. The molecule has 1 N–H and O–H groups in total. The summed E-state index contributed by atoms with van der Waals surface area (Å²) >= 11 is 0. The summed E-state index contributed by atoms with van der Waals surface area (Å²) in [4.78, 5) is 2.42. The van der Waals surface area contributed by atoms with Crippen molar-refractivity contribution < 1.29 is 14.2 Å². The van der Waals surface area contributed by atoms with Gasteiger partial charge in [-0.15, -0.1) is 0 Å². The molecule has 2 rings (SSSR count). The molecule has 118 valence electrons. The molecule has 0 radical (unpaired) electrons. The molecule has 5 heteroatoms. The molecule has 1 aromatic rings. The van der Waals surface area contributed by atoms with E-state index in [0.29, 0.717) is 12.7 Å². The highest BCUT2D eigenvalue weighted by Crippen LogP contribution is 2.16. The molecular weight excluding hydrogens is 268 g/mol. The molecule has 0 spiro atoms. The van der Waals surface area contributed by atoms with Gasteiger partial charge in [0.15, 0.2) is 0 Å². The van der Waals surface area contributed by atoms with Crippen molar-refractivity contribution in [2.45, 2.75) is 13.0 Å². The van der Waals surface area contributed by atoms with Crippen molar-refractivity contribution in [1.29, 1.82) is 0 Å². The SMILES string of the molecule is CCN1CCOC(CNCCOc2ccc(OC)cc2)C1. The maximum Gasteiger partial charge on any atom is 0.119 e. The summed E-state index contributed by atoms with van der Waals surface area (Å²) in [6.45, 7) is 8.54. The van der Waals surface area contributed by atoms with Crippen LogP contribution < -0.4 is 14.8 Å². The first kappa shape index (κ1) is 16.1. The number of morpholine rings is 1. The number of benzene rings is 1. The van der Waals surface area contributed by atoms with Crippen LogP contribution in [-0.2, 0) is 4.74 Å². The Labute approximate surface area is 127 Å². The van der Waals surface area contributed by atoms with E-state index in [1.807, 2.05) is 24.3 Å². The van der Waals surface area contributed by atoms with E-state index in [1.165, 1.54) is 0 Å². The van der Waals surface area contributed by atoms with Crippen LogP contribution in [0.3, 0.4) is 0 Å². The largest absolute Gasteiger partial charge is 0.497 e. The Morgan fingerprint density at radius 3 is 2.76 bits per heavy atom. The monoisotopic (exact) mass is 294 g/mol. The molecule has 1 aliphatic heterocycles. The van der Waals surface area contributed by atoms with Gasteiger partial charge in [0.1, 0.15) is 18.1 Å². The highest BCUT2D eigenvalue weighted by Gasteiger charge is 2.18. The van der Waals surface area contributed by atoms with Crippen molar-refractivity contribution in [3.05, 3.63) is 24.3 Å². The van der Waals surface area contributed by atoms with Gasteiger partial charge in [-0.1, -0.05) is 6.92 Å². The van der Waals surface area contributed by atoms with Gasteiger partial charge in [0.05, 0.1) is 19.8 Å². The summed E-state index contributed by atoms with van der Waals surface area (Å²) in [7, 11) is 1.66. The summed E-state index contributed by atoms with van der Waals surface area (Å²) in [6, 6.07) is 7.64. The van der Waals surface area contributed by atoms with E-state index in [9.17, 15) is 0 Å². The van der Waals surface area contributed by atoms with Crippen LogP contribution in [0.1, 0.15) is 6.92 Å². The highest BCUT2D eigenvalue weighted by molar-refractivity contribution is 5.31. The lowest BCUT2D eigenvalue weighted by atomic mass is 10.2. The lowest BCUT2D eigenvalue weighted by Crippen LogP contribution is -2.46. The third kappa shape index (κ3) is 5.53. The molecule has 0 bridgehead atoms. The first-order chi connectivity index (χ1) is 10.3. The number of ether oxygens (including phenoxy) is 3. The fraction of sp³-hybridized carbons (Fsp3) is 0.625. The fourth-order valence-electron chi connectivity index (χ4n) is 2.37. The van der Waals surface area contributed by atoms with Gasteiger partial charge < -0.3 is 19.5 Å². The Balaban J connectivity index is 1.57. The van der Waals surface area contributed by atoms with Crippen LogP contribution in [-0.4, -0.2) is 64.1 Å². The van der Waals surface area contributed by atoms with Crippen molar-refractivity contribution in [2.75, 3.05) is 53.0 Å². The van der Waals surface area contributed by atoms with Crippen LogP contribution in [0.15, 0.2) is 24.3 Å². The molecule has 1 aliphatic rings. The summed E-state index contributed by atoms with van der Waals surface area (Å²) in [6.07, 6.45) is 0.291. The van der Waals surface area contributed by atoms with Crippen LogP contribution >= 0.6 is 0 Å². The molecule has 0 aliphatic carbocycles. The molecule has 1 saturated heterocycles. The number of nitrogens with one attached hydrogen (secondary N) is 1. The summed E-state index contributed by atoms with van der Waals surface area (Å²) < 4.78 is 16.5. The summed E-state index contributed by atoms with van der Waals surface area (Å²) in [5, 5.41) is 3.39. The number of nitrogens with zero attached hydrogens (tertiary/aromatic N) is 1. The molecule has 1 heterocycles. The van der Waals surface area contributed by atoms with Crippen molar-refractivity contribution in [2.24, 2.45) is 0 Å². The average Bonchev–Trinajstić information content (AvgIpc) is 2.55. The van der Waals surface area contributed by atoms with Crippen LogP contribution in [0, 0.1) is 0 Å². The van der Waals surface area contributed by atoms with Gasteiger partial charge in [-0.2, -0.15) is 0 Å². The standard InChI is InChI=1S/C16H26N2O3/c1-3-18-9-11-21-16(13-18)12-17-8-10-20-15-6-4-14(19-2)5-7-15/h4-7,16-17H,3,8-13H2,1-2H3. The molecule has 1 fully saturated rings. The number of hydrogen-bond acceptors (Lipinski definition) is 5. The quantitative estimate of drug-likeness (QED) is 0.734. The third-order valence-corrected chi connectivity index (χ3v) is 3.65. The highest BCUT2D eigenvalue weighted by atomic mass is 16.5. The van der Waals surface area contributed by atoms with Crippen molar-refractivity contribution in [3.8, 4) is 11.5 Å². The first-order valence-corrected chi connectivity index (χ1v) is 7.63. The van der Waals surface area contributed by atoms with Crippen LogP contribution in [0.25, 0.3) is 0 Å². The van der Waals surface area contributed by atoms with Gasteiger partial charge in [0.25, 0.3) is 0 Å². The molecule has 5 nitrogen and oxygen atoms in total. The zero-order chi connectivity index (χ0) is 14.9. The number of methoxy groups -OCH3 is 1. The topological polar surface area (TPSA) is 43.0 Å². The predicted molar refractivity (Wildman–Crippen MR) is 83.2 cm³/mol. The van der Waals surface area contributed by atoms with E-state index in [0.717, 1.165) is 50.8 Å². The van der Waals surface area contributed by atoms with E-state index < -0.39 is 0 Å². The minimum Gasteiger partial charge on any atom is -0.497 e. The van der Waals surface area contributed by atoms with Gasteiger partial charge in [0.2, 0.25) is 0 Å². The number of hydrogen-bond donors (Lipinski definition) is 1. The second-order valence-corrected chi connectivity index (χ2v) is 5.11. The predicted octanol–water partition coefficient (Wildman–Crippen LogP) is 1.38. The molecule has 1 aromatic carbocycles. The minimum absolute atomic E-state index is 0.291. The van der Waals surface area contributed by atoms with Crippen LogP contribution in [0.5, 0.6) is 11.5 Å². The third-order valence-electron chi connectivity index (χ3n) is 3.65. The maximum atomic E-state index is 5.74. The van der Waals surface area contributed by atoms with Crippen molar-refractivity contribution in [3.63, 3.8) is 0 Å². The van der Waals surface area contributed by atoms with E-state index in [2.05, 4.69) is 17.1 Å². The summed E-state index contributed by atoms with van der Waals surface area (Å²) in [5.74, 6) is 1.71. The van der Waals surface area contributed by atoms with E-state index >= 15 is 0 Å².